The van der Waals surface area contributed by atoms with E-state index in [4.69, 9.17) is 0 Å². The Hall–Kier alpha value is -0.940. The van der Waals surface area contributed by atoms with Crippen molar-refractivity contribution in [1.82, 2.24) is 15.2 Å². The molecule has 2 heterocycles. The highest BCUT2D eigenvalue weighted by atomic mass is 32.1. The molecule has 1 amide bonds. The van der Waals surface area contributed by atoms with Gasteiger partial charge in [-0.25, -0.2) is 4.98 Å². The Kier molecular flexibility index (Phi) is 3.56. The summed E-state index contributed by atoms with van der Waals surface area (Å²) in [5.41, 5.74) is 2.79. The average Bonchev–Trinajstić information content (AvgIpc) is 2.82. The molecule has 1 atom stereocenters. The van der Waals surface area contributed by atoms with E-state index >= 15 is 0 Å². The molecule has 0 saturated carbocycles. The summed E-state index contributed by atoms with van der Waals surface area (Å²) in [6.07, 6.45) is 0.904. The summed E-state index contributed by atoms with van der Waals surface area (Å²) in [5.74, 6) is 0.210. The van der Waals surface area contributed by atoms with Crippen LogP contribution in [-0.2, 0) is 11.3 Å². The Morgan fingerprint density at radius 1 is 1.69 bits per heavy atom. The van der Waals surface area contributed by atoms with E-state index in [1.165, 1.54) is 0 Å². The maximum Gasteiger partial charge on any atom is 0.240 e. The van der Waals surface area contributed by atoms with Crippen LogP contribution in [0, 0.1) is 0 Å². The quantitative estimate of drug-likeness (QED) is 0.860. The number of nitrogens with zero attached hydrogens (tertiary/aromatic N) is 2. The molecule has 1 N–H and O–H groups in total. The Balaban J connectivity index is 1.92. The lowest BCUT2D eigenvalue weighted by atomic mass is 10.2. The van der Waals surface area contributed by atoms with Crippen molar-refractivity contribution in [2.45, 2.75) is 38.9 Å². The monoisotopic (exact) mass is 239 g/mol. The number of rotatable bonds is 4. The molecule has 0 radical (unpaired) electrons. The van der Waals surface area contributed by atoms with Gasteiger partial charge >= 0.3 is 0 Å². The molecule has 0 aromatic carbocycles. The SMILES string of the molecule is CC(C)NC1CCN(Cc2cscn2)C1=O. The molecule has 0 bridgehead atoms. The summed E-state index contributed by atoms with van der Waals surface area (Å²) in [4.78, 5) is 18.1. The first-order valence-corrected chi connectivity index (χ1v) is 6.53. The van der Waals surface area contributed by atoms with Crippen LogP contribution in [0.2, 0.25) is 0 Å². The molecule has 1 aliphatic heterocycles. The molecule has 1 aromatic rings. The molecule has 16 heavy (non-hydrogen) atoms. The minimum atomic E-state index is -0.00126. The molecule has 5 heteroatoms. The highest BCUT2D eigenvalue weighted by molar-refractivity contribution is 7.07. The lowest BCUT2D eigenvalue weighted by Gasteiger charge is -2.17. The van der Waals surface area contributed by atoms with Crippen LogP contribution in [0.5, 0.6) is 0 Å². The van der Waals surface area contributed by atoms with Gasteiger partial charge in [0.25, 0.3) is 0 Å². The highest BCUT2D eigenvalue weighted by Gasteiger charge is 2.31. The van der Waals surface area contributed by atoms with E-state index in [1.807, 2.05) is 10.3 Å². The van der Waals surface area contributed by atoms with Crippen LogP contribution in [0.1, 0.15) is 26.0 Å². The molecule has 88 valence electrons. The fraction of sp³-hybridized carbons (Fsp3) is 0.636. The minimum absolute atomic E-state index is 0.00126. The van der Waals surface area contributed by atoms with Gasteiger partial charge in [0.15, 0.2) is 0 Å². The summed E-state index contributed by atoms with van der Waals surface area (Å²) in [7, 11) is 0. The lowest BCUT2D eigenvalue weighted by Crippen LogP contribution is -2.41. The zero-order chi connectivity index (χ0) is 11.5. The van der Waals surface area contributed by atoms with Crippen molar-refractivity contribution >= 4 is 17.2 Å². The maximum absolute atomic E-state index is 12.0. The number of carbonyl (C=O) groups excluding carboxylic acids is 1. The van der Waals surface area contributed by atoms with Gasteiger partial charge < -0.3 is 10.2 Å². The van der Waals surface area contributed by atoms with Crippen molar-refractivity contribution in [3.8, 4) is 0 Å². The van der Waals surface area contributed by atoms with Crippen LogP contribution in [0.15, 0.2) is 10.9 Å². The van der Waals surface area contributed by atoms with Gasteiger partial charge in [0, 0.05) is 18.0 Å². The van der Waals surface area contributed by atoms with Crippen LogP contribution in [0.3, 0.4) is 0 Å². The van der Waals surface area contributed by atoms with Crippen molar-refractivity contribution < 1.29 is 4.79 Å². The Labute approximate surface area is 99.7 Å². The number of thiazole rings is 1. The largest absolute Gasteiger partial charge is 0.335 e. The first kappa shape index (κ1) is 11.5. The van der Waals surface area contributed by atoms with Crippen LogP contribution >= 0.6 is 11.3 Å². The highest BCUT2D eigenvalue weighted by Crippen LogP contribution is 2.15. The molecule has 1 aliphatic rings. The number of nitrogens with one attached hydrogen (secondary N) is 1. The molecule has 1 unspecified atom stereocenters. The molecule has 0 aliphatic carbocycles. The molecule has 0 spiro atoms. The van der Waals surface area contributed by atoms with Crippen molar-refractivity contribution in [2.75, 3.05) is 6.54 Å². The maximum atomic E-state index is 12.0. The van der Waals surface area contributed by atoms with Gasteiger partial charge in [-0.05, 0) is 6.42 Å². The topological polar surface area (TPSA) is 45.2 Å². The van der Waals surface area contributed by atoms with Crippen molar-refractivity contribution in [3.63, 3.8) is 0 Å². The third kappa shape index (κ3) is 2.59. The molecule has 2 rings (SSSR count). The number of likely N-dealkylation sites (tertiary alicyclic amines) is 1. The van der Waals surface area contributed by atoms with Crippen LogP contribution in [0.25, 0.3) is 0 Å². The van der Waals surface area contributed by atoms with E-state index < -0.39 is 0 Å². The number of aromatic nitrogens is 1. The van der Waals surface area contributed by atoms with E-state index in [0.717, 1.165) is 18.7 Å². The summed E-state index contributed by atoms with van der Waals surface area (Å²) in [6.45, 7) is 5.62. The van der Waals surface area contributed by atoms with Crippen LogP contribution in [0.4, 0.5) is 0 Å². The van der Waals surface area contributed by atoms with Crippen molar-refractivity contribution in [1.29, 1.82) is 0 Å². The fourth-order valence-electron chi connectivity index (χ4n) is 1.96. The third-order valence-corrected chi connectivity index (χ3v) is 3.30. The summed E-state index contributed by atoms with van der Waals surface area (Å²) >= 11 is 1.57. The number of carbonyl (C=O) groups is 1. The van der Waals surface area contributed by atoms with Gasteiger partial charge in [-0.15, -0.1) is 11.3 Å². The van der Waals surface area contributed by atoms with Gasteiger partial charge in [0.1, 0.15) is 0 Å². The van der Waals surface area contributed by atoms with E-state index in [2.05, 4.69) is 24.1 Å². The number of hydrogen-bond donors (Lipinski definition) is 1. The predicted molar refractivity (Wildman–Crippen MR) is 64.2 cm³/mol. The molecule has 1 fully saturated rings. The van der Waals surface area contributed by atoms with E-state index in [9.17, 15) is 4.79 Å². The smallest absolute Gasteiger partial charge is 0.240 e. The Morgan fingerprint density at radius 2 is 2.50 bits per heavy atom. The molecule has 1 saturated heterocycles. The molecule has 1 aromatic heterocycles. The van der Waals surface area contributed by atoms with Crippen molar-refractivity contribution in [2.24, 2.45) is 0 Å². The first-order chi connectivity index (χ1) is 7.66. The summed E-state index contributed by atoms with van der Waals surface area (Å²) in [6, 6.07) is 0.354. The van der Waals surface area contributed by atoms with Gasteiger partial charge in [-0.2, -0.15) is 0 Å². The standard InChI is InChI=1S/C11H17N3OS/c1-8(2)13-10-3-4-14(11(10)15)5-9-6-16-7-12-9/h6-8,10,13H,3-5H2,1-2H3. The average molecular weight is 239 g/mol. The minimum Gasteiger partial charge on any atom is -0.335 e. The second-order valence-electron chi connectivity index (χ2n) is 4.40. The van der Waals surface area contributed by atoms with Crippen LogP contribution < -0.4 is 5.32 Å². The Morgan fingerprint density at radius 3 is 3.12 bits per heavy atom. The third-order valence-electron chi connectivity index (χ3n) is 2.67. The van der Waals surface area contributed by atoms with Gasteiger partial charge in [-0.1, -0.05) is 13.8 Å². The van der Waals surface area contributed by atoms with E-state index in [-0.39, 0.29) is 11.9 Å². The van der Waals surface area contributed by atoms with E-state index in [0.29, 0.717) is 12.6 Å². The van der Waals surface area contributed by atoms with Crippen molar-refractivity contribution in [3.05, 3.63) is 16.6 Å². The van der Waals surface area contributed by atoms with Gasteiger partial charge in [-0.3, -0.25) is 4.79 Å². The second kappa shape index (κ2) is 4.93. The second-order valence-corrected chi connectivity index (χ2v) is 5.12. The predicted octanol–water partition coefficient (Wildman–Crippen LogP) is 1.24. The molecular weight excluding hydrogens is 222 g/mol. The first-order valence-electron chi connectivity index (χ1n) is 5.58. The molecular formula is C11H17N3OS. The van der Waals surface area contributed by atoms with Gasteiger partial charge in [0.05, 0.1) is 23.8 Å². The van der Waals surface area contributed by atoms with E-state index in [1.54, 1.807) is 16.8 Å². The zero-order valence-corrected chi connectivity index (χ0v) is 10.5. The fourth-order valence-corrected chi connectivity index (χ4v) is 2.51. The lowest BCUT2D eigenvalue weighted by molar-refractivity contribution is -0.130. The number of amides is 1. The van der Waals surface area contributed by atoms with Crippen LogP contribution in [-0.4, -0.2) is 34.4 Å². The number of hydrogen-bond acceptors (Lipinski definition) is 4. The summed E-state index contributed by atoms with van der Waals surface area (Å²) in [5, 5.41) is 5.29. The molecule has 4 nitrogen and oxygen atoms in total. The van der Waals surface area contributed by atoms with Gasteiger partial charge in [0.2, 0.25) is 5.91 Å². The normalized spacial score (nSPS) is 21.1. The Bertz CT molecular complexity index is 350. The zero-order valence-electron chi connectivity index (χ0n) is 9.64. The summed E-state index contributed by atoms with van der Waals surface area (Å²) < 4.78 is 0.